The lowest BCUT2D eigenvalue weighted by Gasteiger charge is -2.37. The van der Waals surface area contributed by atoms with Gasteiger partial charge in [0, 0.05) is 13.6 Å². The molecule has 1 atom stereocenters. The molecule has 1 aliphatic heterocycles. The van der Waals surface area contributed by atoms with Crippen LogP contribution in [-0.2, 0) is 16.0 Å². The van der Waals surface area contributed by atoms with Gasteiger partial charge in [0.25, 0.3) is 0 Å². The number of carbonyl (C=O) groups excluding carboxylic acids is 2. The first-order valence-electron chi connectivity index (χ1n) is 7.20. The van der Waals surface area contributed by atoms with Crippen molar-refractivity contribution in [1.82, 2.24) is 9.80 Å². The van der Waals surface area contributed by atoms with Crippen molar-refractivity contribution in [3.63, 3.8) is 0 Å². The van der Waals surface area contributed by atoms with Gasteiger partial charge in [-0.1, -0.05) is 12.1 Å². The van der Waals surface area contributed by atoms with Crippen molar-refractivity contribution in [2.75, 3.05) is 27.2 Å². The molecule has 2 rings (SSSR count). The third-order valence-corrected chi connectivity index (χ3v) is 3.92. The highest BCUT2D eigenvalue weighted by Gasteiger charge is 2.33. The SMILES string of the molecule is COc1ccc(CCCN2C(=O)CN(C)C(=O)[C@@H]2C)cc1. The van der Waals surface area contributed by atoms with Crippen molar-refractivity contribution in [2.45, 2.75) is 25.8 Å². The summed E-state index contributed by atoms with van der Waals surface area (Å²) < 4.78 is 5.12. The smallest absolute Gasteiger partial charge is 0.245 e. The zero-order valence-corrected chi connectivity index (χ0v) is 12.8. The van der Waals surface area contributed by atoms with Gasteiger partial charge >= 0.3 is 0 Å². The van der Waals surface area contributed by atoms with E-state index < -0.39 is 0 Å². The number of hydrogen-bond donors (Lipinski definition) is 0. The Morgan fingerprint density at radius 1 is 1.24 bits per heavy atom. The van der Waals surface area contributed by atoms with E-state index in [-0.39, 0.29) is 24.4 Å². The summed E-state index contributed by atoms with van der Waals surface area (Å²) in [4.78, 5) is 27.1. The number of nitrogens with zero attached hydrogens (tertiary/aromatic N) is 2. The van der Waals surface area contributed by atoms with Crippen molar-refractivity contribution in [1.29, 1.82) is 0 Å². The quantitative estimate of drug-likeness (QED) is 0.822. The van der Waals surface area contributed by atoms with E-state index in [1.807, 2.05) is 24.3 Å². The molecule has 0 spiro atoms. The van der Waals surface area contributed by atoms with E-state index in [1.54, 1.807) is 26.0 Å². The molecule has 0 aromatic heterocycles. The van der Waals surface area contributed by atoms with Crippen LogP contribution in [0.1, 0.15) is 18.9 Å². The summed E-state index contributed by atoms with van der Waals surface area (Å²) in [6, 6.07) is 7.57. The maximum atomic E-state index is 12.0. The maximum absolute atomic E-state index is 12.0. The largest absolute Gasteiger partial charge is 0.497 e. The van der Waals surface area contributed by atoms with Gasteiger partial charge in [0.2, 0.25) is 11.8 Å². The van der Waals surface area contributed by atoms with Gasteiger partial charge in [0.1, 0.15) is 11.8 Å². The number of benzene rings is 1. The molecule has 1 saturated heterocycles. The molecule has 21 heavy (non-hydrogen) atoms. The van der Waals surface area contributed by atoms with E-state index in [0.29, 0.717) is 6.54 Å². The summed E-state index contributed by atoms with van der Waals surface area (Å²) in [5, 5.41) is 0. The molecule has 5 heteroatoms. The fourth-order valence-electron chi connectivity index (χ4n) is 2.60. The summed E-state index contributed by atoms with van der Waals surface area (Å²) >= 11 is 0. The summed E-state index contributed by atoms with van der Waals surface area (Å²) in [7, 11) is 3.32. The Bertz CT molecular complexity index is 513. The van der Waals surface area contributed by atoms with Crippen LogP contribution in [0.25, 0.3) is 0 Å². The Balaban J connectivity index is 1.87. The van der Waals surface area contributed by atoms with Gasteiger partial charge in [-0.25, -0.2) is 0 Å². The summed E-state index contributed by atoms with van der Waals surface area (Å²) in [5.74, 6) is 0.880. The number of methoxy groups -OCH3 is 1. The van der Waals surface area contributed by atoms with Crippen LogP contribution in [0.5, 0.6) is 5.75 Å². The van der Waals surface area contributed by atoms with Gasteiger partial charge in [0.15, 0.2) is 0 Å². The average molecular weight is 290 g/mol. The lowest BCUT2D eigenvalue weighted by atomic mass is 10.1. The first-order chi connectivity index (χ1) is 10.0. The Morgan fingerprint density at radius 3 is 2.52 bits per heavy atom. The number of aryl methyl sites for hydroxylation is 1. The van der Waals surface area contributed by atoms with Crippen LogP contribution in [0.15, 0.2) is 24.3 Å². The molecule has 0 bridgehead atoms. The van der Waals surface area contributed by atoms with E-state index in [9.17, 15) is 9.59 Å². The van der Waals surface area contributed by atoms with E-state index in [4.69, 9.17) is 4.74 Å². The molecule has 114 valence electrons. The second-order valence-electron chi connectivity index (χ2n) is 5.41. The highest BCUT2D eigenvalue weighted by Crippen LogP contribution is 2.15. The first-order valence-corrected chi connectivity index (χ1v) is 7.20. The molecule has 0 aliphatic carbocycles. The van der Waals surface area contributed by atoms with Gasteiger partial charge in [-0.3, -0.25) is 9.59 Å². The molecule has 1 aromatic rings. The van der Waals surface area contributed by atoms with E-state index in [0.717, 1.165) is 18.6 Å². The molecule has 1 fully saturated rings. The lowest BCUT2D eigenvalue weighted by molar-refractivity contribution is -0.153. The number of carbonyl (C=O) groups is 2. The van der Waals surface area contributed by atoms with Gasteiger partial charge < -0.3 is 14.5 Å². The monoisotopic (exact) mass is 290 g/mol. The zero-order valence-electron chi connectivity index (χ0n) is 12.8. The third kappa shape index (κ3) is 3.54. The molecule has 0 unspecified atom stereocenters. The topological polar surface area (TPSA) is 49.9 Å². The second-order valence-corrected chi connectivity index (χ2v) is 5.41. The Kier molecular flexibility index (Phi) is 4.83. The van der Waals surface area contributed by atoms with Crippen LogP contribution in [0.2, 0.25) is 0 Å². The summed E-state index contributed by atoms with van der Waals surface area (Å²) in [6.45, 7) is 2.60. The van der Waals surface area contributed by atoms with Crippen LogP contribution in [0.4, 0.5) is 0 Å². The predicted molar refractivity (Wildman–Crippen MR) is 80.1 cm³/mol. The van der Waals surface area contributed by atoms with Crippen molar-refractivity contribution in [2.24, 2.45) is 0 Å². The van der Waals surface area contributed by atoms with Crippen LogP contribution in [0.3, 0.4) is 0 Å². The standard InChI is InChI=1S/C16H22N2O3/c1-12-16(20)17(2)11-15(19)18(12)10-4-5-13-6-8-14(21-3)9-7-13/h6-9,12H,4-5,10-11H2,1-3H3/t12-/m0/s1. The highest BCUT2D eigenvalue weighted by atomic mass is 16.5. The third-order valence-electron chi connectivity index (χ3n) is 3.92. The molecule has 1 heterocycles. The second kappa shape index (κ2) is 6.61. The molecule has 0 saturated carbocycles. The zero-order chi connectivity index (χ0) is 15.4. The summed E-state index contributed by atoms with van der Waals surface area (Å²) in [6.07, 6.45) is 1.73. The number of piperazine rings is 1. The van der Waals surface area contributed by atoms with E-state index in [1.165, 1.54) is 10.5 Å². The maximum Gasteiger partial charge on any atom is 0.245 e. The fraction of sp³-hybridized carbons (Fsp3) is 0.500. The Morgan fingerprint density at radius 2 is 1.90 bits per heavy atom. The number of amides is 2. The molecule has 5 nitrogen and oxygen atoms in total. The predicted octanol–water partition coefficient (Wildman–Crippen LogP) is 1.32. The van der Waals surface area contributed by atoms with Crippen molar-refractivity contribution in [3.8, 4) is 5.75 Å². The first kappa shape index (κ1) is 15.4. The normalized spacial score (nSPS) is 19.1. The molecule has 2 amide bonds. The van der Waals surface area contributed by atoms with Crippen molar-refractivity contribution in [3.05, 3.63) is 29.8 Å². The molecule has 1 aliphatic rings. The van der Waals surface area contributed by atoms with E-state index in [2.05, 4.69) is 0 Å². The van der Waals surface area contributed by atoms with Crippen molar-refractivity contribution < 1.29 is 14.3 Å². The minimum atomic E-state index is -0.355. The molecule has 0 radical (unpaired) electrons. The van der Waals surface area contributed by atoms with Crippen LogP contribution >= 0.6 is 0 Å². The van der Waals surface area contributed by atoms with Crippen LogP contribution < -0.4 is 4.74 Å². The molecular weight excluding hydrogens is 268 g/mol. The number of rotatable bonds is 5. The highest BCUT2D eigenvalue weighted by molar-refractivity contribution is 5.94. The van der Waals surface area contributed by atoms with Crippen molar-refractivity contribution >= 4 is 11.8 Å². The number of ether oxygens (including phenoxy) is 1. The molecule has 0 N–H and O–H groups in total. The molecule has 1 aromatic carbocycles. The lowest BCUT2D eigenvalue weighted by Crippen LogP contribution is -2.57. The van der Waals surface area contributed by atoms with Gasteiger partial charge in [-0.15, -0.1) is 0 Å². The average Bonchev–Trinajstić information content (AvgIpc) is 2.49. The Hall–Kier alpha value is -2.04. The van der Waals surface area contributed by atoms with E-state index >= 15 is 0 Å². The van der Waals surface area contributed by atoms with Gasteiger partial charge in [-0.05, 0) is 37.5 Å². The Labute approximate surface area is 125 Å². The van der Waals surface area contributed by atoms with Crippen LogP contribution in [-0.4, -0.2) is 54.9 Å². The van der Waals surface area contributed by atoms with Gasteiger partial charge in [-0.2, -0.15) is 0 Å². The minimum absolute atomic E-state index is 0.0130. The van der Waals surface area contributed by atoms with Crippen LogP contribution in [0, 0.1) is 0 Å². The summed E-state index contributed by atoms with van der Waals surface area (Å²) in [5.41, 5.74) is 1.20. The minimum Gasteiger partial charge on any atom is -0.497 e. The number of hydrogen-bond acceptors (Lipinski definition) is 3. The van der Waals surface area contributed by atoms with Gasteiger partial charge in [0.05, 0.1) is 13.7 Å². The fourth-order valence-corrected chi connectivity index (χ4v) is 2.60. The molecular formula is C16H22N2O3. The number of likely N-dealkylation sites (N-methyl/N-ethyl adjacent to an activating group) is 1.